The molecule has 0 aliphatic carbocycles. The Bertz CT molecular complexity index is 429. The van der Waals surface area contributed by atoms with Gasteiger partial charge in [-0.2, -0.15) is 0 Å². The third-order valence-electron chi connectivity index (χ3n) is 3.51. The number of aliphatic hydroxyl groups is 1. The molecule has 1 fully saturated rings. The van der Waals surface area contributed by atoms with Crippen molar-refractivity contribution >= 4 is 11.3 Å². The SMILES string of the molecule is CCC1CCCN(Cc2ccc(C#CCO)s2)C1. The van der Waals surface area contributed by atoms with Crippen LogP contribution in [0.5, 0.6) is 0 Å². The molecule has 0 aromatic carbocycles. The van der Waals surface area contributed by atoms with E-state index in [1.807, 2.05) is 0 Å². The third-order valence-corrected chi connectivity index (χ3v) is 4.50. The van der Waals surface area contributed by atoms with Crippen LogP contribution < -0.4 is 0 Å². The molecule has 1 aromatic rings. The first-order valence-corrected chi connectivity index (χ1v) is 7.54. The van der Waals surface area contributed by atoms with Crippen molar-refractivity contribution in [1.82, 2.24) is 4.90 Å². The lowest BCUT2D eigenvalue weighted by Crippen LogP contribution is -2.34. The van der Waals surface area contributed by atoms with E-state index in [4.69, 9.17) is 5.11 Å². The van der Waals surface area contributed by atoms with Gasteiger partial charge in [-0.05, 0) is 37.4 Å². The number of piperidine rings is 1. The molecule has 2 heterocycles. The van der Waals surface area contributed by atoms with Crippen LogP contribution in [0.2, 0.25) is 0 Å². The first kappa shape index (κ1) is 13.6. The fourth-order valence-corrected chi connectivity index (χ4v) is 3.43. The van der Waals surface area contributed by atoms with Crippen LogP contribution in [-0.2, 0) is 6.54 Å². The predicted molar refractivity (Wildman–Crippen MR) is 76.6 cm³/mol. The summed E-state index contributed by atoms with van der Waals surface area (Å²) in [5, 5.41) is 8.67. The van der Waals surface area contributed by atoms with Crippen LogP contribution in [0.1, 0.15) is 35.9 Å². The van der Waals surface area contributed by atoms with Crippen LogP contribution in [-0.4, -0.2) is 29.7 Å². The molecule has 0 radical (unpaired) electrons. The molecule has 18 heavy (non-hydrogen) atoms. The predicted octanol–water partition coefficient (Wildman–Crippen LogP) is 2.71. The molecule has 2 nitrogen and oxygen atoms in total. The summed E-state index contributed by atoms with van der Waals surface area (Å²) in [6, 6.07) is 4.23. The van der Waals surface area contributed by atoms with E-state index in [1.54, 1.807) is 11.3 Å². The molecule has 1 aliphatic rings. The highest BCUT2D eigenvalue weighted by molar-refractivity contribution is 7.12. The van der Waals surface area contributed by atoms with Crippen molar-refractivity contribution in [3.8, 4) is 11.8 Å². The lowest BCUT2D eigenvalue weighted by molar-refractivity contribution is 0.166. The molecule has 0 spiro atoms. The summed E-state index contributed by atoms with van der Waals surface area (Å²) in [7, 11) is 0. The molecule has 1 N–H and O–H groups in total. The quantitative estimate of drug-likeness (QED) is 0.848. The fourth-order valence-electron chi connectivity index (χ4n) is 2.51. The maximum absolute atomic E-state index is 8.67. The number of hydrogen-bond donors (Lipinski definition) is 1. The van der Waals surface area contributed by atoms with Crippen molar-refractivity contribution in [3.63, 3.8) is 0 Å². The molecule has 0 saturated carbocycles. The van der Waals surface area contributed by atoms with E-state index < -0.39 is 0 Å². The average molecular weight is 263 g/mol. The van der Waals surface area contributed by atoms with E-state index in [9.17, 15) is 0 Å². The van der Waals surface area contributed by atoms with Crippen molar-refractivity contribution in [2.24, 2.45) is 5.92 Å². The van der Waals surface area contributed by atoms with Crippen LogP contribution in [0.15, 0.2) is 12.1 Å². The smallest absolute Gasteiger partial charge is 0.104 e. The molecule has 0 amide bonds. The fraction of sp³-hybridized carbons (Fsp3) is 0.600. The minimum atomic E-state index is -0.0580. The van der Waals surface area contributed by atoms with Crippen LogP contribution in [0.4, 0.5) is 0 Å². The summed E-state index contributed by atoms with van der Waals surface area (Å²) in [4.78, 5) is 5.00. The van der Waals surface area contributed by atoms with Gasteiger partial charge in [0.25, 0.3) is 0 Å². The summed E-state index contributed by atoms with van der Waals surface area (Å²) in [6.07, 6.45) is 4.03. The molecule has 3 heteroatoms. The molecule has 1 saturated heterocycles. The van der Waals surface area contributed by atoms with Crippen molar-refractivity contribution in [2.45, 2.75) is 32.7 Å². The largest absolute Gasteiger partial charge is 0.384 e. The van der Waals surface area contributed by atoms with E-state index in [0.29, 0.717) is 0 Å². The monoisotopic (exact) mass is 263 g/mol. The number of nitrogens with zero attached hydrogens (tertiary/aromatic N) is 1. The van der Waals surface area contributed by atoms with Gasteiger partial charge in [-0.25, -0.2) is 0 Å². The zero-order valence-corrected chi connectivity index (χ0v) is 11.8. The van der Waals surface area contributed by atoms with Crippen LogP contribution in [0.3, 0.4) is 0 Å². The van der Waals surface area contributed by atoms with Gasteiger partial charge in [-0.1, -0.05) is 25.2 Å². The highest BCUT2D eigenvalue weighted by Gasteiger charge is 2.18. The molecule has 1 atom stereocenters. The highest BCUT2D eigenvalue weighted by Crippen LogP contribution is 2.23. The molecule has 1 unspecified atom stereocenters. The Labute approximate surface area is 114 Å². The van der Waals surface area contributed by atoms with E-state index in [2.05, 4.69) is 35.8 Å². The minimum Gasteiger partial charge on any atom is -0.384 e. The van der Waals surface area contributed by atoms with E-state index in [0.717, 1.165) is 17.3 Å². The minimum absolute atomic E-state index is 0.0580. The summed E-state index contributed by atoms with van der Waals surface area (Å²) in [5.74, 6) is 6.55. The average Bonchev–Trinajstić information content (AvgIpc) is 2.84. The second kappa shape index (κ2) is 6.94. The number of hydrogen-bond acceptors (Lipinski definition) is 3. The molecule has 1 aliphatic heterocycles. The number of rotatable bonds is 3. The van der Waals surface area contributed by atoms with Crippen molar-refractivity contribution in [2.75, 3.05) is 19.7 Å². The first-order valence-electron chi connectivity index (χ1n) is 6.72. The Kier molecular flexibility index (Phi) is 5.25. The van der Waals surface area contributed by atoms with Gasteiger partial charge >= 0.3 is 0 Å². The van der Waals surface area contributed by atoms with E-state index >= 15 is 0 Å². The zero-order chi connectivity index (χ0) is 12.8. The Morgan fingerprint density at radius 3 is 3.17 bits per heavy atom. The standard InChI is InChI=1S/C15H21NOS/c1-2-13-5-3-9-16(11-13)12-15-8-7-14(18-15)6-4-10-17/h7-8,13,17H,2-3,5,9-12H2,1H3. The summed E-state index contributed by atoms with van der Waals surface area (Å²) >= 11 is 1.75. The van der Waals surface area contributed by atoms with Gasteiger partial charge in [0, 0.05) is 18.0 Å². The van der Waals surface area contributed by atoms with Crippen LogP contribution >= 0.6 is 11.3 Å². The van der Waals surface area contributed by atoms with Crippen molar-refractivity contribution in [1.29, 1.82) is 0 Å². The Morgan fingerprint density at radius 1 is 1.50 bits per heavy atom. The van der Waals surface area contributed by atoms with Gasteiger partial charge < -0.3 is 5.11 Å². The Hall–Kier alpha value is -0.820. The first-order chi connectivity index (χ1) is 8.81. The Morgan fingerprint density at radius 2 is 2.39 bits per heavy atom. The maximum atomic E-state index is 8.67. The van der Waals surface area contributed by atoms with E-state index in [-0.39, 0.29) is 6.61 Å². The number of thiophene rings is 1. The lowest BCUT2D eigenvalue weighted by Gasteiger charge is -2.31. The number of likely N-dealkylation sites (tertiary alicyclic amines) is 1. The lowest BCUT2D eigenvalue weighted by atomic mass is 9.96. The normalized spacial score (nSPS) is 20.4. The van der Waals surface area contributed by atoms with Gasteiger partial charge in [0.1, 0.15) is 6.61 Å². The highest BCUT2D eigenvalue weighted by atomic mass is 32.1. The molecule has 1 aromatic heterocycles. The molecular formula is C15H21NOS. The molecule has 0 bridgehead atoms. The van der Waals surface area contributed by atoms with Crippen molar-refractivity contribution in [3.05, 3.63) is 21.9 Å². The molecule has 2 rings (SSSR count). The third kappa shape index (κ3) is 3.84. The summed E-state index contributed by atoms with van der Waals surface area (Å²) < 4.78 is 0. The van der Waals surface area contributed by atoms with Crippen molar-refractivity contribution < 1.29 is 5.11 Å². The van der Waals surface area contributed by atoms with Gasteiger partial charge in [0.2, 0.25) is 0 Å². The van der Waals surface area contributed by atoms with Gasteiger partial charge in [0.05, 0.1) is 4.88 Å². The maximum Gasteiger partial charge on any atom is 0.104 e. The molecule has 98 valence electrons. The second-order valence-corrected chi connectivity index (χ2v) is 6.05. The second-order valence-electron chi connectivity index (χ2n) is 4.88. The number of aliphatic hydroxyl groups excluding tert-OH is 1. The van der Waals surface area contributed by atoms with Crippen LogP contribution in [0, 0.1) is 17.8 Å². The summed E-state index contributed by atoms with van der Waals surface area (Å²) in [5.41, 5.74) is 0. The van der Waals surface area contributed by atoms with Gasteiger partial charge in [0.15, 0.2) is 0 Å². The van der Waals surface area contributed by atoms with Gasteiger partial charge in [-0.3, -0.25) is 4.90 Å². The summed E-state index contributed by atoms with van der Waals surface area (Å²) in [6.45, 7) is 5.76. The topological polar surface area (TPSA) is 23.5 Å². The Balaban J connectivity index is 1.90. The molecular weight excluding hydrogens is 242 g/mol. The zero-order valence-electron chi connectivity index (χ0n) is 11.0. The van der Waals surface area contributed by atoms with E-state index in [1.165, 1.54) is 37.2 Å². The van der Waals surface area contributed by atoms with Crippen LogP contribution in [0.25, 0.3) is 0 Å². The van der Waals surface area contributed by atoms with Gasteiger partial charge in [-0.15, -0.1) is 11.3 Å².